The van der Waals surface area contributed by atoms with E-state index in [2.05, 4.69) is 15.5 Å². The van der Waals surface area contributed by atoms with Gasteiger partial charge in [-0.25, -0.2) is 0 Å². The Morgan fingerprint density at radius 2 is 2.18 bits per heavy atom. The van der Waals surface area contributed by atoms with Crippen molar-refractivity contribution in [3.8, 4) is 0 Å². The van der Waals surface area contributed by atoms with Gasteiger partial charge in [0.1, 0.15) is 0 Å². The van der Waals surface area contributed by atoms with Gasteiger partial charge in [0.15, 0.2) is 0 Å². The van der Waals surface area contributed by atoms with Crippen molar-refractivity contribution in [2.75, 3.05) is 6.54 Å². The third kappa shape index (κ3) is 3.78. The highest BCUT2D eigenvalue weighted by molar-refractivity contribution is 5.95. The van der Waals surface area contributed by atoms with Crippen LogP contribution in [0.2, 0.25) is 0 Å². The lowest BCUT2D eigenvalue weighted by Gasteiger charge is -2.11. The number of nitrogens with one attached hydrogen (secondary N) is 1. The lowest BCUT2D eigenvalue weighted by Crippen LogP contribution is -2.32. The monoisotopic (exact) mass is 237 g/mol. The van der Waals surface area contributed by atoms with Crippen molar-refractivity contribution < 1.29 is 9.90 Å². The van der Waals surface area contributed by atoms with Crippen LogP contribution in [0.5, 0.6) is 0 Å². The van der Waals surface area contributed by atoms with Crippen LogP contribution in [0.3, 0.4) is 0 Å². The van der Waals surface area contributed by atoms with Crippen LogP contribution in [-0.4, -0.2) is 33.9 Å². The molecule has 1 rings (SSSR count). The van der Waals surface area contributed by atoms with Gasteiger partial charge in [-0.05, 0) is 25.8 Å². The number of amides is 1. The van der Waals surface area contributed by atoms with Gasteiger partial charge in [-0.1, -0.05) is 13.8 Å². The van der Waals surface area contributed by atoms with E-state index in [9.17, 15) is 9.90 Å². The van der Waals surface area contributed by atoms with Gasteiger partial charge in [0.05, 0.1) is 23.1 Å². The Kier molecular flexibility index (Phi) is 5.03. The molecule has 1 unspecified atom stereocenters. The number of hydrogen-bond acceptors (Lipinski definition) is 4. The van der Waals surface area contributed by atoms with Gasteiger partial charge in [-0.2, -0.15) is 10.2 Å². The summed E-state index contributed by atoms with van der Waals surface area (Å²) in [5.41, 5.74) is 1.94. The highest BCUT2D eigenvalue weighted by Crippen LogP contribution is 2.07. The molecule has 0 aliphatic rings. The van der Waals surface area contributed by atoms with Crippen LogP contribution in [0.4, 0.5) is 0 Å². The standard InChI is InChI=1S/C12H19N3O2/c1-4-9(16)7-13-12(17)10-6-8(3)14-15-11(10)5-2/h6,9,16H,4-5,7H2,1-3H3,(H,13,17). The molecule has 1 atom stereocenters. The minimum Gasteiger partial charge on any atom is -0.391 e. The first kappa shape index (κ1) is 13.6. The summed E-state index contributed by atoms with van der Waals surface area (Å²) in [5, 5.41) is 20.0. The number of carbonyl (C=O) groups excluding carboxylic acids is 1. The average molecular weight is 237 g/mol. The molecular weight excluding hydrogens is 218 g/mol. The van der Waals surface area contributed by atoms with Crippen LogP contribution < -0.4 is 5.32 Å². The minimum atomic E-state index is -0.500. The minimum absolute atomic E-state index is 0.202. The van der Waals surface area contributed by atoms with Gasteiger partial charge in [0, 0.05) is 6.54 Å². The molecule has 0 spiro atoms. The summed E-state index contributed by atoms with van der Waals surface area (Å²) in [6.45, 7) is 5.85. The van der Waals surface area contributed by atoms with Crippen LogP contribution in [0.25, 0.3) is 0 Å². The second-order valence-electron chi connectivity index (χ2n) is 3.97. The quantitative estimate of drug-likeness (QED) is 0.796. The summed E-state index contributed by atoms with van der Waals surface area (Å²) in [6.07, 6.45) is 0.779. The van der Waals surface area contributed by atoms with Crippen LogP contribution in [-0.2, 0) is 6.42 Å². The Balaban J connectivity index is 2.77. The number of rotatable bonds is 5. The molecule has 0 aliphatic heterocycles. The maximum Gasteiger partial charge on any atom is 0.253 e. The summed E-state index contributed by atoms with van der Waals surface area (Å²) in [4.78, 5) is 11.9. The predicted octanol–water partition coefficient (Wildman–Crippen LogP) is 0.848. The zero-order valence-corrected chi connectivity index (χ0v) is 10.5. The maximum absolute atomic E-state index is 11.9. The van der Waals surface area contributed by atoms with Gasteiger partial charge in [0.25, 0.3) is 5.91 Å². The van der Waals surface area contributed by atoms with Gasteiger partial charge in [0.2, 0.25) is 0 Å². The van der Waals surface area contributed by atoms with Crippen LogP contribution >= 0.6 is 0 Å². The number of nitrogens with zero attached hydrogens (tertiary/aromatic N) is 2. The largest absolute Gasteiger partial charge is 0.391 e. The molecule has 1 aromatic rings. The van der Waals surface area contributed by atoms with Crippen molar-refractivity contribution in [3.63, 3.8) is 0 Å². The van der Waals surface area contributed by atoms with E-state index in [4.69, 9.17) is 0 Å². The third-order valence-electron chi connectivity index (χ3n) is 2.54. The summed E-state index contributed by atoms with van der Waals surface area (Å²) in [5.74, 6) is -0.202. The zero-order valence-electron chi connectivity index (χ0n) is 10.5. The number of hydrogen-bond donors (Lipinski definition) is 2. The third-order valence-corrected chi connectivity index (χ3v) is 2.54. The topological polar surface area (TPSA) is 75.1 Å². The Bertz CT molecular complexity index is 393. The smallest absolute Gasteiger partial charge is 0.253 e. The van der Waals surface area contributed by atoms with E-state index in [-0.39, 0.29) is 12.5 Å². The van der Waals surface area contributed by atoms with Gasteiger partial charge in [-0.15, -0.1) is 0 Å². The van der Waals surface area contributed by atoms with Crippen molar-refractivity contribution in [1.82, 2.24) is 15.5 Å². The molecule has 17 heavy (non-hydrogen) atoms. The van der Waals surface area contributed by atoms with E-state index in [1.54, 1.807) is 13.0 Å². The summed E-state index contributed by atoms with van der Waals surface area (Å²) >= 11 is 0. The Morgan fingerprint density at radius 1 is 1.47 bits per heavy atom. The predicted molar refractivity (Wildman–Crippen MR) is 64.8 cm³/mol. The molecule has 0 bridgehead atoms. The normalized spacial score (nSPS) is 12.2. The lowest BCUT2D eigenvalue weighted by molar-refractivity contribution is 0.0912. The van der Waals surface area contributed by atoms with E-state index in [0.717, 1.165) is 0 Å². The molecule has 2 N–H and O–H groups in total. The highest BCUT2D eigenvalue weighted by Gasteiger charge is 2.13. The second kappa shape index (κ2) is 6.30. The first-order chi connectivity index (χ1) is 8.08. The number of aliphatic hydroxyl groups excluding tert-OH is 1. The fourth-order valence-electron chi connectivity index (χ4n) is 1.42. The molecule has 5 heteroatoms. The Morgan fingerprint density at radius 3 is 2.76 bits per heavy atom. The van der Waals surface area contributed by atoms with Crippen LogP contribution in [0.1, 0.15) is 42.0 Å². The van der Waals surface area contributed by atoms with Gasteiger partial charge >= 0.3 is 0 Å². The van der Waals surface area contributed by atoms with Crippen molar-refractivity contribution in [2.24, 2.45) is 0 Å². The number of carbonyl (C=O) groups is 1. The molecule has 94 valence electrons. The van der Waals surface area contributed by atoms with Crippen molar-refractivity contribution in [3.05, 3.63) is 23.0 Å². The molecule has 5 nitrogen and oxygen atoms in total. The molecule has 0 radical (unpaired) electrons. The van der Waals surface area contributed by atoms with Crippen LogP contribution in [0, 0.1) is 6.92 Å². The van der Waals surface area contributed by atoms with Crippen molar-refractivity contribution in [2.45, 2.75) is 39.7 Å². The zero-order chi connectivity index (χ0) is 12.8. The first-order valence-electron chi connectivity index (χ1n) is 5.87. The average Bonchev–Trinajstić information content (AvgIpc) is 2.35. The first-order valence-corrected chi connectivity index (χ1v) is 5.87. The molecule has 0 fully saturated rings. The Labute approximate surface area is 101 Å². The van der Waals surface area contributed by atoms with Crippen molar-refractivity contribution in [1.29, 1.82) is 0 Å². The molecule has 1 aromatic heterocycles. The number of aryl methyl sites for hydroxylation is 2. The van der Waals surface area contributed by atoms with E-state index >= 15 is 0 Å². The molecule has 0 aliphatic carbocycles. The maximum atomic E-state index is 11.9. The van der Waals surface area contributed by atoms with E-state index < -0.39 is 6.10 Å². The van der Waals surface area contributed by atoms with Gasteiger partial charge < -0.3 is 10.4 Å². The molecular formula is C12H19N3O2. The highest BCUT2D eigenvalue weighted by atomic mass is 16.3. The fraction of sp³-hybridized carbons (Fsp3) is 0.583. The SMILES string of the molecule is CCc1nnc(C)cc1C(=O)NCC(O)CC. The van der Waals surface area contributed by atoms with Gasteiger partial charge in [-0.3, -0.25) is 4.79 Å². The summed E-state index contributed by atoms with van der Waals surface area (Å²) in [6, 6.07) is 1.72. The lowest BCUT2D eigenvalue weighted by atomic mass is 10.1. The molecule has 1 amide bonds. The van der Waals surface area contributed by atoms with Crippen molar-refractivity contribution >= 4 is 5.91 Å². The van der Waals surface area contributed by atoms with E-state index in [0.29, 0.717) is 29.8 Å². The molecule has 0 saturated heterocycles. The van der Waals surface area contributed by atoms with Crippen LogP contribution in [0.15, 0.2) is 6.07 Å². The molecule has 1 heterocycles. The summed E-state index contributed by atoms with van der Waals surface area (Å²) in [7, 11) is 0. The fourth-order valence-corrected chi connectivity index (χ4v) is 1.42. The molecule has 0 aromatic carbocycles. The summed E-state index contributed by atoms with van der Waals surface area (Å²) < 4.78 is 0. The number of aliphatic hydroxyl groups is 1. The van der Waals surface area contributed by atoms with E-state index in [1.807, 2.05) is 13.8 Å². The molecule has 0 saturated carbocycles. The Hall–Kier alpha value is -1.49. The second-order valence-corrected chi connectivity index (χ2v) is 3.97. The number of aromatic nitrogens is 2. The van der Waals surface area contributed by atoms with E-state index in [1.165, 1.54) is 0 Å².